The maximum atomic E-state index is 13.3. The van der Waals surface area contributed by atoms with Gasteiger partial charge >= 0.3 is 0 Å². The van der Waals surface area contributed by atoms with Gasteiger partial charge in [-0.05, 0) is 39.6 Å². The summed E-state index contributed by atoms with van der Waals surface area (Å²) in [4.78, 5) is 0. The molecule has 1 aliphatic rings. The molecule has 3 heteroatoms. The maximum absolute atomic E-state index is 13.3. The summed E-state index contributed by atoms with van der Waals surface area (Å²) in [5, 5.41) is -0.0893. The summed E-state index contributed by atoms with van der Waals surface area (Å²) in [5.74, 6) is -0.153. The number of fused-ring (bicyclic) bond motifs is 3. The van der Waals surface area contributed by atoms with Crippen LogP contribution in [0.1, 0.15) is 11.1 Å². The zero-order valence-corrected chi connectivity index (χ0v) is 9.42. The number of rotatable bonds is 0. The van der Waals surface area contributed by atoms with Crippen molar-refractivity contribution in [2.75, 3.05) is 0 Å². The van der Waals surface area contributed by atoms with Gasteiger partial charge in [0.25, 0.3) is 0 Å². The lowest BCUT2D eigenvalue weighted by atomic mass is 9.50. The number of halogens is 1. The van der Waals surface area contributed by atoms with E-state index in [-0.39, 0.29) is 11.0 Å². The minimum absolute atomic E-state index is 0.0893. The van der Waals surface area contributed by atoms with E-state index in [9.17, 15) is 4.39 Å². The fourth-order valence-corrected chi connectivity index (χ4v) is 2.68. The second kappa shape index (κ2) is 3.00. The van der Waals surface area contributed by atoms with Crippen LogP contribution < -0.4 is 0 Å². The van der Waals surface area contributed by atoms with Crippen LogP contribution >= 0.6 is 0 Å². The Hall–Kier alpha value is -1.50. The molecule has 0 heterocycles. The lowest BCUT2D eigenvalue weighted by Gasteiger charge is -2.21. The average molecular weight is 208 g/mol. The van der Waals surface area contributed by atoms with Crippen LogP contribution in [-0.4, -0.2) is 15.7 Å². The van der Waals surface area contributed by atoms with Crippen LogP contribution in [0.25, 0.3) is 11.1 Å². The molecule has 0 nitrogen and oxygen atoms in total. The SMILES string of the molecule is BC1(B)c2ccccc2-c2ccc(F)cc21. The van der Waals surface area contributed by atoms with Gasteiger partial charge in [0.15, 0.2) is 0 Å². The van der Waals surface area contributed by atoms with Crippen molar-refractivity contribution >= 4 is 15.7 Å². The second-order valence-electron chi connectivity index (χ2n) is 4.86. The van der Waals surface area contributed by atoms with Gasteiger partial charge in [-0.3, -0.25) is 0 Å². The molecular weight excluding hydrogens is 197 g/mol. The summed E-state index contributed by atoms with van der Waals surface area (Å²) >= 11 is 0. The van der Waals surface area contributed by atoms with Gasteiger partial charge < -0.3 is 0 Å². The van der Waals surface area contributed by atoms with Crippen molar-refractivity contribution in [1.29, 1.82) is 0 Å². The minimum Gasteiger partial charge on any atom is -0.207 e. The largest absolute Gasteiger partial charge is 0.207 e. The molecule has 0 N–H and O–H groups in total. The van der Waals surface area contributed by atoms with Gasteiger partial charge in [0.1, 0.15) is 21.5 Å². The van der Waals surface area contributed by atoms with E-state index < -0.39 is 0 Å². The highest BCUT2D eigenvalue weighted by Crippen LogP contribution is 2.45. The molecule has 76 valence electrons. The van der Waals surface area contributed by atoms with Crippen LogP contribution in [0, 0.1) is 5.82 Å². The van der Waals surface area contributed by atoms with Crippen molar-refractivity contribution in [3.8, 4) is 11.1 Å². The Balaban J connectivity index is 2.39. The first kappa shape index (κ1) is 9.71. The Morgan fingerprint density at radius 2 is 1.56 bits per heavy atom. The Morgan fingerprint density at radius 3 is 2.38 bits per heavy atom. The van der Waals surface area contributed by atoms with Gasteiger partial charge in [0, 0.05) is 0 Å². The van der Waals surface area contributed by atoms with Crippen molar-refractivity contribution in [3.05, 3.63) is 59.4 Å². The highest BCUT2D eigenvalue weighted by molar-refractivity contribution is 6.44. The first-order chi connectivity index (χ1) is 7.60. The molecule has 0 radical (unpaired) electrons. The predicted octanol–water partition coefficient (Wildman–Crippen LogP) is 1.27. The fraction of sp³-hybridized carbons (Fsp3) is 0.0769. The van der Waals surface area contributed by atoms with E-state index in [4.69, 9.17) is 0 Å². The molecule has 0 amide bonds. The molecule has 0 saturated heterocycles. The van der Waals surface area contributed by atoms with Crippen LogP contribution in [-0.2, 0) is 5.21 Å². The summed E-state index contributed by atoms with van der Waals surface area (Å²) in [6.07, 6.45) is 0. The van der Waals surface area contributed by atoms with Crippen LogP contribution in [0.5, 0.6) is 0 Å². The Morgan fingerprint density at radius 1 is 0.875 bits per heavy atom. The van der Waals surface area contributed by atoms with Crippen molar-refractivity contribution in [1.82, 2.24) is 0 Å². The van der Waals surface area contributed by atoms with E-state index in [0.29, 0.717) is 0 Å². The Bertz CT molecular complexity index is 576. The van der Waals surface area contributed by atoms with Crippen LogP contribution in [0.2, 0.25) is 0 Å². The molecule has 0 saturated carbocycles. The van der Waals surface area contributed by atoms with Crippen molar-refractivity contribution < 1.29 is 4.39 Å². The molecule has 2 aromatic carbocycles. The standard InChI is InChI=1S/C13H11B2F/c14-13(15)11-4-2-1-3-9(11)10-6-5-8(16)7-12(10)13/h1-7H,14-15H2. The topological polar surface area (TPSA) is 0 Å². The molecule has 1 aliphatic carbocycles. The molecule has 16 heavy (non-hydrogen) atoms. The highest BCUT2D eigenvalue weighted by Gasteiger charge is 2.34. The van der Waals surface area contributed by atoms with Gasteiger partial charge in [-0.15, -0.1) is 0 Å². The number of benzene rings is 2. The molecule has 0 fully saturated rings. The summed E-state index contributed by atoms with van der Waals surface area (Å²) in [6, 6.07) is 13.4. The van der Waals surface area contributed by atoms with Crippen LogP contribution in [0.3, 0.4) is 0 Å². The smallest absolute Gasteiger partial charge is 0.123 e. The molecule has 0 bridgehead atoms. The lowest BCUT2D eigenvalue weighted by molar-refractivity contribution is 0.626. The zero-order valence-electron chi connectivity index (χ0n) is 9.42. The van der Waals surface area contributed by atoms with E-state index in [2.05, 4.69) is 27.8 Å². The number of hydrogen-bond donors (Lipinski definition) is 0. The third-order valence-corrected chi connectivity index (χ3v) is 3.55. The van der Waals surface area contributed by atoms with E-state index in [1.54, 1.807) is 6.07 Å². The van der Waals surface area contributed by atoms with Crippen LogP contribution in [0.15, 0.2) is 42.5 Å². The highest BCUT2D eigenvalue weighted by atomic mass is 19.1. The van der Waals surface area contributed by atoms with Crippen molar-refractivity contribution in [2.24, 2.45) is 0 Å². The summed E-state index contributed by atoms with van der Waals surface area (Å²) in [5.41, 5.74) is 4.79. The molecule has 0 unspecified atom stereocenters. The van der Waals surface area contributed by atoms with Gasteiger partial charge in [-0.25, -0.2) is 4.39 Å². The molecule has 2 aromatic rings. The Labute approximate surface area is 96.3 Å². The summed E-state index contributed by atoms with van der Waals surface area (Å²) in [7, 11) is 4.30. The molecular formula is C13H11B2F. The molecule has 0 aliphatic heterocycles. The second-order valence-corrected chi connectivity index (χ2v) is 4.86. The van der Waals surface area contributed by atoms with Crippen LogP contribution in [0.4, 0.5) is 4.39 Å². The normalized spacial score (nSPS) is 15.6. The molecule has 0 aromatic heterocycles. The average Bonchev–Trinajstić information content (AvgIpc) is 2.49. The first-order valence-corrected chi connectivity index (χ1v) is 5.50. The quantitative estimate of drug-likeness (QED) is 0.571. The zero-order chi connectivity index (χ0) is 11.3. The monoisotopic (exact) mass is 208 g/mol. The Kier molecular flexibility index (Phi) is 1.82. The maximum Gasteiger partial charge on any atom is 0.123 e. The van der Waals surface area contributed by atoms with E-state index in [0.717, 1.165) is 5.56 Å². The third kappa shape index (κ3) is 1.12. The summed E-state index contributed by atoms with van der Waals surface area (Å²) in [6.45, 7) is 0. The number of hydrogen-bond acceptors (Lipinski definition) is 0. The van der Waals surface area contributed by atoms with E-state index in [1.807, 2.05) is 18.2 Å². The van der Waals surface area contributed by atoms with E-state index in [1.165, 1.54) is 22.8 Å². The molecule has 3 rings (SSSR count). The molecule has 0 spiro atoms. The van der Waals surface area contributed by atoms with Gasteiger partial charge in [-0.1, -0.05) is 30.3 Å². The van der Waals surface area contributed by atoms with Crippen molar-refractivity contribution in [2.45, 2.75) is 5.21 Å². The van der Waals surface area contributed by atoms with Crippen molar-refractivity contribution in [3.63, 3.8) is 0 Å². The van der Waals surface area contributed by atoms with E-state index >= 15 is 0 Å². The lowest BCUT2D eigenvalue weighted by Crippen LogP contribution is -2.25. The third-order valence-electron chi connectivity index (χ3n) is 3.55. The first-order valence-electron chi connectivity index (χ1n) is 5.50. The van der Waals surface area contributed by atoms with Gasteiger partial charge in [-0.2, -0.15) is 0 Å². The van der Waals surface area contributed by atoms with Gasteiger partial charge in [0.2, 0.25) is 0 Å². The summed E-state index contributed by atoms with van der Waals surface area (Å²) < 4.78 is 13.3. The molecule has 0 atom stereocenters. The minimum atomic E-state index is -0.153. The fourth-order valence-electron chi connectivity index (χ4n) is 2.68. The predicted molar refractivity (Wildman–Crippen MR) is 69.7 cm³/mol. The van der Waals surface area contributed by atoms with Gasteiger partial charge in [0.05, 0.1) is 0 Å².